The molecule has 3 heteroatoms. The van der Waals surface area contributed by atoms with E-state index in [0.29, 0.717) is 10.0 Å². The number of esters is 1. The first-order valence-electron chi connectivity index (χ1n) is 3.96. The number of rotatable bonds is 2. The maximum absolute atomic E-state index is 11.3. The van der Waals surface area contributed by atoms with Gasteiger partial charge in [-0.15, -0.1) is 0 Å². The van der Waals surface area contributed by atoms with Crippen LogP contribution < -0.4 is 0 Å². The highest BCUT2D eigenvalue weighted by Crippen LogP contribution is 2.72. The van der Waals surface area contributed by atoms with Crippen LogP contribution in [0.25, 0.3) is 0 Å². The van der Waals surface area contributed by atoms with Crippen LogP contribution in [0.2, 0.25) is 0 Å². The minimum absolute atomic E-state index is 0.0306. The van der Waals surface area contributed by atoms with E-state index in [4.69, 9.17) is 4.74 Å². The van der Waals surface area contributed by atoms with E-state index in [-0.39, 0.29) is 11.4 Å². The lowest BCUT2D eigenvalue weighted by Crippen LogP contribution is -2.67. The van der Waals surface area contributed by atoms with Crippen LogP contribution in [-0.2, 0) is 9.53 Å². The van der Waals surface area contributed by atoms with Crippen molar-refractivity contribution in [2.24, 2.45) is 5.41 Å². The Bertz CT molecular complexity index is 192. The number of hydrogen-bond acceptors (Lipinski definition) is 2. The van der Waals surface area contributed by atoms with Crippen molar-refractivity contribution in [2.45, 2.75) is 29.6 Å². The summed E-state index contributed by atoms with van der Waals surface area (Å²) in [6.45, 7) is 2.39. The molecule has 3 aliphatic rings. The van der Waals surface area contributed by atoms with Gasteiger partial charge in [-0.3, -0.25) is 4.79 Å². The zero-order valence-corrected chi connectivity index (χ0v) is 8.68. The molecular formula is C8H11IO2. The molecule has 62 valence electrons. The lowest BCUT2D eigenvalue weighted by molar-refractivity contribution is -0.181. The van der Waals surface area contributed by atoms with E-state index in [1.165, 1.54) is 0 Å². The Morgan fingerprint density at radius 1 is 1.55 bits per heavy atom. The van der Waals surface area contributed by atoms with E-state index in [1.54, 1.807) is 0 Å². The molecule has 3 saturated carbocycles. The van der Waals surface area contributed by atoms with Gasteiger partial charge in [0, 0.05) is 3.42 Å². The van der Waals surface area contributed by atoms with Gasteiger partial charge in [0.2, 0.25) is 0 Å². The minimum atomic E-state index is -0.0306. The molecule has 0 aromatic heterocycles. The Kier molecular flexibility index (Phi) is 1.51. The van der Waals surface area contributed by atoms with Gasteiger partial charge in [0.25, 0.3) is 0 Å². The lowest BCUT2D eigenvalue weighted by Gasteiger charge is -2.65. The van der Waals surface area contributed by atoms with Crippen molar-refractivity contribution in [2.75, 3.05) is 6.61 Å². The van der Waals surface area contributed by atoms with E-state index < -0.39 is 0 Å². The Hall–Kier alpha value is 0.200. The molecule has 0 N–H and O–H groups in total. The summed E-state index contributed by atoms with van der Waals surface area (Å²) < 4.78 is 5.47. The van der Waals surface area contributed by atoms with Gasteiger partial charge < -0.3 is 4.74 Å². The third-order valence-corrected chi connectivity index (χ3v) is 3.82. The number of alkyl halides is 1. The molecule has 0 aliphatic heterocycles. The van der Waals surface area contributed by atoms with Gasteiger partial charge in [0.1, 0.15) is 0 Å². The number of ether oxygens (including phenoxy) is 1. The van der Waals surface area contributed by atoms with Gasteiger partial charge in [-0.2, -0.15) is 0 Å². The fourth-order valence-corrected chi connectivity index (χ4v) is 4.35. The fourth-order valence-electron chi connectivity index (χ4n) is 2.16. The van der Waals surface area contributed by atoms with Gasteiger partial charge >= 0.3 is 5.97 Å². The molecule has 2 bridgehead atoms. The van der Waals surface area contributed by atoms with Crippen LogP contribution >= 0.6 is 22.6 Å². The standard InChI is InChI=1S/C8H11IO2/c1-2-11-6(10)7-3-8(9,4-7)5-7/h2-5H2,1H3. The molecule has 3 rings (SSSR count). The summed E-state index contributed by atoms with van der Waals surface area (Å²) in [5, 5.41) is 0. The predicted molar refractivity (Wildman–Crippen MR) is 49.7 cm³/mol. The molecule has 0 aromatic rings. The van der Waals surface area contributed by atoms with E-state index in [0.717, 1.165) is 19.3 Å². The molecule has 0 atom stereocenters. The lowest BCUT2D eigenvalue weighted by atomic mass is 9.44. The van der Waals surface area contributed by atoms with E-state index in [1.807, 2.05) is 6.92 Å². The molecule has 0 radical (unpaired) electrons. The first-order chi connectivity index (χ1) is 5.10. The maximum Gasteiger partial charge on any atom is 0.312 e. The van der Waals surface area contributed by atoms with Crippen LogP contribution in [-0.4, -0.2) is 16.0 Å². The number of hydrogen-bond donors (Lipinski definition) is 0. The summed E-state index contributed by atoms with van der Waals surface area (Å²) in [6.07, 6.45) is 3.16. The van der Waals surface area contributed by atoms with Crippen molar-refractivity contribution in [3.8, 4) is 0 Å². The van der Waals surface area contributed by atoms with Gasteiger partial charge in [-0.25, -0.2) is 0 Å². The summed E-state index contributed by atoms with van der Waals surface area (Å²) >= 11 is 2.46. The Balaban J connectivity index is 1.94. The summed E-state index contributed by atoms with van der Waals surface area (Å²) in [5.74, 6) is 0.0403. The van der Waals surface area contributed by atoms with Crippen molar-refractivity contribution in [1.29, 1.82) is 0 Å². The van der Waals surface area contributed by atoms with Crippen molar-refractivity contribution in [3.63, 3.8) is 0 Å². The van der Waals surface area contributed by atoms with Crippen LogP contribution in [0.4, 0.5) is 0 Å². The Morgan fingerprint density at radius 2 is 2.09 bits per heavy atom. The molecule has 0 amide bonds. The normalized spacial score (nSPS) is 45.6. The van der Waals surface area contributed by atoms with Crippen LogP contribution in [0.3, 0.4) is 0 Å². The highest BCUT2D eigenvalue weighted by molar-refractivity contribution is 14.1. The molecular weight excluding hydrogens is 255 g/mol. The van der Waals surface area contributed by atoms with Gasteiger partial charge in [-0.1, -0.05) is 22.6 Å². The smallest absolute Gasteiger partial charge is 0.312 e. The quantitative estimate of drug-likeness (QED) is 0.433. The largest absolute Gasteiger partial charge is 0.466 e. The number of carbonyl (C=O) groups is 1. The van der Waals surface area contributed by atoms with Crippen LogP contribution in [0.5, 0.6) is 0 Å². The molecule has 0 unspecified atom stereocenters. The highest BCUT2D eigenvalue weighted by atomic mass is 127. The Labute approximate surface area is 79.8 Å². The average molecular weight is 266 g/mol. The van der Waals surface area contributed by atoms with Gasteiger partial charge in [-0.05, 0) is 26.2 Å². The zero-order valence-electron chi connectivity index (χ0n) is 6.52. The maximum atomic E-state index is 11.3. The molecule has 3 aliphatic carbocycles. The number of carbonyl (C=O) groups excluding carboxylic acids is 1. The third-order valence-electron chi connectivity index (χ3n) is 2.67. The van der Waals surface area contributed by atoms with E-state index in [9.17, 15) is 4.79 Å². The molecule has 11 heavy (non-hydrogen) atoms. The second-order valence-electron chi connectivity index (χ2n) is 3.68. The molecule has 0 aromatic carbocycles. The van der Waals surface area contributed by atoms with Crippen LogP contribution in [0.1, 0.15) is 26.2 Å². The van der Waals surface area contributed by atoms with Crippen molar-refractivity contribution in [3.05, 3.63) is 0 Å². The summed E-state index contributed by atoms with van der Waals surface area (Å²) in [4.78, 5) is 11.3. The first-order valence-corrected chi connectivity index (χ1v) is 5.04. The van der Waals surface area contributed by atoms with Gasteiger partial charge in [0.05, 0.1) is 12.0 Å². The molecule has 2 nitrogen and oxygen atoms in total. The molecule has 0 saturated heterocycles. The third kappa shape index (κ3) is 0.927. The molecule has 0 spiro atoms. The first kappa shape index (κ1) is 7.83. The summed E-state index contributed by atoms with van der Waals surface area (Å²) in [5.41, 5.74) is -0.0306. The summed E-state index contributed by atoms with van der Waals surface area (Å²) in [7, 11) is 0. The van der Waals surface area contributed by atoms with Gasteiger partial charge in [0.15, 0.2) is 0 Å². The predicted octanol–water partition coefficient (Wildman–Crippen LogP) is 1.91. The van der Waals surface area contributed by atoms with Crippen LogP contribution in [0, 0.1) is 5.41 Å². The highest BCUT2D eigenvalue weighted by Gasteiger charge is 2.71. The van der Waals surface area contributed by atoms with Crippen LogP contribution in [0.15, 0.2) is 0 Å². The monoisotopic (exact) mass is 266 g/mol. The SMILES string of the molecule is CCOC(=O)C12CC(I)(C1)C2. The van der Waals surface area contributed by atoms with E-state index >= 15 is 0 Å². The van der Waals surface area contributed by atoms with Crippen molar-refractivity contribution >= 4 is 28.6 Å². The van der Waals surface area contributed by atoms with E-state index in [2.05, 4.69) is 22.6 Å². The van der Waals surface area contributed by atoms with Crippen molar-refractivity contribution < 1.29 is 9.53 Å². The fraction of sp³-hybridized carbons (Fsp3) is 0.875. The minimum Gasteiger partial charge on any atom is -0.466 e. The molecule has 3 fully saturated rings. The molecule has 0 heterocycles. The summed E-state index contributed by atoms with van der Waals surface area (Å²) in [6, 6.07) is 0. The second kappa shape index (κ2) is 2.12. The topological polar surface area (TPSA) is 26.3 Å². The zero-order chi connectivity index (χ0) is 8.11. The average Bonchev–Trinajstić information content (AvgIpc) is 1.79. The van der Waals surface area contributed by atoms with Crippen molar-refractivity contribution in [1.82, 2.24) is 0 Å². The second-order valence-corrected chi connectivity index (χ2v) is 5.97. The number of halogens is 1. The Morgan fingerprint density at radius 3 is 2.45 bits per heavy atom.